The van der Waals surface area contributed by atoms with Crippen LogP contribution in [0.15, 0.2) is 60.7 Å². The highest BCUT2D eigenvalue weighted by Gasteiger charge is 1.91. The van der Waals surface area contributed by atoms with E-state index in [-0.39, 0.29) is 12.6 Å². The number of guanidine groups is 1. The van der Waals surface area contributed by atoms with Crippen molar-refractivity contribution in [2.45, 2.75) is 6.92 Å². The van der Waals surface area contributed by atoms with E-state index in [0.717, 1.165) is 0 Å². The molecule has 4 nitrogen and oxygen atoms in total. The van der Waals surface area contributed by atoms with Gasteiger partial charge in [0.15, 0.2) is 5.96 Å². The van der Waals surface area contributed by atoms with Gasteiger partial charge in [0, 0.05) is 6.61 Å². The minimum Gasteiger partial charge on any atom is -0.397 e. The molecule has 0 fully saturated rings. The maximum atomic E-state index is 7.57. The van der Waals surface area contributed by atoms with Crippen LogP contribution in [-0.2, 0) is 0 Å². The Balaban J connectivity index is 0.000000393. The summed E-state index contributed by atoms with van der Waals surface area (Å²) in [5.74, 6) is -0.333. The average molecular weight is 259 g/mol. The number of aliphatic hydroxyl groups is 1. The van der Waals surface area contributed by atoms with Crippen LogP contribution in [0.25, 0.3) is 11.1 Å². The van der Waals surface area contributed by atoms with Gasteiger partial charge in [-0.3, -0.25) is 5.41 Å². The van der Waals surface area contributed by atoms with Gasteiger partial charge in [0.1, 0.15) is 0 Å². The number of nitrogens with one attached hydrogen (secondary N) is 1. The van der Waals surface area contributed by atoms with E-state index < -0.39 is 0 Å². The second-order valence-corrected chi connectivity index (χ2v) is 3.50. The highest BCUT2D eigenvalue weighted by Crippen LogP contribution is 2.17. The number of nitrogens with two attached hydrogens (primary N) is 2. The van der Waals surface area contributed by atoms with Crippen molar-refractivity contribution in [3.8, 4) is 11.1 Å². The van der Waals surface area contributed by atoms with Gasteiger partial charge in [-0.25, -0.2) is 0 Å². The van der Waals surface area contributed by atoms with Crippen molar-refractivity contribution < 1.29 is 5.11 Å². The molecule has 0 saturated heterocycles. The number of rotatable bonds is 1. The second kappa shape index (κ2) is 10.8. The molecule has 2 aromatic rings. The van der Waals surface area contributed by atoms with Crippen LogP contribution in [0.3, 0.4) is 0 Å². The fraction of sp³-hybridized carbons (Fsp3) is 0.133. The van der Waals surface area contributed by atoms with Gasteiger partial charge in [0.2, 0.25) is 0 Å². The van der Waals surface area contributed by atoms with Crippen molar-refractivity contribution in [1.82, 2.24) is 0 Å². The largest absolute Gasteiger partial charge is 0.397 e. The van der Waals surface area contributed by atoms with Gasteiger partial charge in [-0.2, -0.15) is 0 Å². The molecule has 0 bridgehead atoms. The molecule has 0 aliphatic heterocycles. The Bertz CT molecular complexity index is 402. The molecule has 102 valence electrons. The standard InChI is InChI=1S/C12H10.C2H6O.CH5N3/c1-3-7-11(8-4-1)12-9-5-2-6-10-12;1-2-3;2-1(3)4/h1-10H;3H,2H2,1H3;(H5,2,3,4). The highest BCUT2D eigenvalue weighted by molar-refractivity contribution is 5.71. The van der Waals surface area contributed by atoms with Gasteiger partial charge in [-0.15, -0.1) is 0 Å². The van der Waals surface area contributed by atoms with Gasteiger partial charge in [0.05, 0.1) is 0 Å². The summed E-state index contributed by atoms with van der Waals surface area (Å²) < 4.78 is 0. The lowest BCUT2D eigenvalue weighted by molar-refractivity contribution is 0.318. The first kappa shape index (κ1) is 16.7. The van der Waals surface area contributed by atoms with E-state index >= 15 is 0 Å². The molecule has 0 unspecified atom stereocenters. The summed E-state index contributed by atoms with van der Waals surface area (Å²) in [5.41, 5.74) is 11.5. The molecule has 2 aromatic carbocycles. The van der Waals surface area contributed by atoms with E-state index in [1.165, 1.54) is 11.1 Å². The number of hydrogen-bond acceptors (Lipinski definition) is 2. The zero-order valence-corrected chi connectivity index (χ0v) is 11.1. The van der Waals surface area contributed by atoms with Crippen molar-refractivity contribution in [3.63, 3.8) is 0 Å². The van der Waals surface area contributed by atoms with Crippen LogP contribution in [0, 0.1) is 5.41 Å². The molecule has 0 spiro atoms. The fourth-order valence-corrected chi connectivity index (χ4v) is 1.26. The third-order valence-electron chi connectivity index (χ3n) is 1.88. The Hall–Kier alpha value is -2.33. The molecule has 19 heavy (non-hydrogen) atoms. The van der Waals surface area contributed by atoms with Crippen LogP contribution in [0.4, 0.5) is 0 Å². The number of hydrogen-bond donors (Lipinski definition) is 4. The topological polar surface area (TPSA) is 96.1 Å². The molecule has 0 aliphatic carbocycles. The molecular formula is C15H21N3O. The predicted molar refractivity (Wildman–Crippen MR) is 80.7 cm³/mol. The smallest absolute Gasteiger partial charge is 0.183 e. The summed E-state index contributed by atoms with van der Waals surface area (Å²) >= 11 is 0. The first-order valence-electron chi connectivity index (χ1n) is 5.92. The highest BCUT2D eigenvalue weighted by atomic mass is 16.2. The molecule has 0 radical (unpaired) electrons. The Morgan fingerprint density at radius 1 is 0.895 bits per heavy atom. The molecule has 0 atom stereocenters. The lowest BCUT2D eigenvalue weighted by Crippen LogP contribution is -2.20. The van der Waals surface area contributed by atoms with Gasteiger partial charge in [-0.1, -0.05) is 60.7 Å². The second-order valence-electron chi connectivity index (χ2n) is 3.50. The van der Waals surface area contributed by atoms with E-state index in [2.05, 4.69) is 60.0 Å². The third-order valence-corrected chi connectivity index (χ3v) is 1.88. The van der Waals surface area contributed by atoms with E-state index in [4.69, 9.17) is 10.5 Å². The van der Waals surface area contributed by atoms with Gasteiger partial charge >= 0.3 is 0 Å². The molecule has 0 aromatic heterocycles. The van der Waals surface area contributed by atoms with Crippen molar-refractivity contribution in [1.29, 1.82) is 5.41 Å². The van der Waals surface area contributed by atoms with Crippen molar-refractivity contribution in [2.75, 3.05) is 6.61 Å². The quantitative estimate of drug-likeness (QED) is 0.467. The van der Waals surface area contributed by atoms with Crippen LogP contribution >= 0.6 is 0 Å². The minimum absolute atomic E-state index is 0.250. The molecule has 2 rings (SSSR count). The van der Waals surface area contributed by atoms with Gasteiger partial charge < -0.3 is 16.6 Å². The lowest BCUT2D eigenvalue weighted by atomic mass is 10.1. The molecule has 0 aliphatic rings. The number of benzene rings is 2. The third kappa shape index (κ3) is 9.38. The Morgan fingerprint density at radius 3 is 1.32 bits per heavy atom. The maximum Gasteiger partial charge on any atom is 0.183 e. The molecule has 0 heterocycles. The zero-order valence-electron chi connectivity index (χ0n) is 11.1. The Labute approximate surface area is 114 Å². The first-order chi connectivity index (χ1) is 9.11. The normalized spacial score (nSPS) is 8.32. The maximum absolute atomic E-state index is 7.57. The molecule has 4 heteroatoms. The average Bonchev–Trinajstić information content (AvgIpc) is 2.41. The monoisotopic (exact) mass is 259 g/mol. The summed E-state index contributed by atoms with van der Waals surface area (Å²) in [6.45, 7) is 1.93. The SMILES string of the molecule is CCO.N=C(N)N.c1ccc(-c2ccccc2)cc1. The van der Waals surface area contributed by atoms with E-state index in [0.29, 0.717) is 0 Å². The minimum atomic E-state index is -0.333. The van der Waals surface area contributed by atoms with E-state index in [1.54, 1.807) is 6.92 Å². The molecule has 0 saturated carbocycles. The fourth-order valence-electron chi connectivity index (χ4n) is 1.26. The zero-order chi connectivity index (χ0) is 14.5. The van der Waals surface area contributed by atoms with Crippen molar-refractivity contribution in [2.24, 2.45) is 11.5 Å². The van der Waals surface area contributed by atoms with Crippen LogP contribution < -0.4 is 11.5 Å². The number of aliphatic hydroxyl groups excluding tert-OH is 1. The Kier molecular flexibility index (Phi) is 9.48. The van der Waals surface area contributed by atoms with Crippen molar-refractivity contribution >= 4 is 5.96 Å². The summed E-state index contributed by atoms with van der Waals surface area (Å²) in [5, 5.41) is 13.6. The summed E-state index contributed by atoms with van der Waals surface area (Å²) in [6.07, 6.45) is 0. The predicted octanol–water partition coefficient (Wildman–Crippen LogP) is 2.19. The van der Waals surface area contributed by atoms with E-state index in [9.17, 15) is 0 Å². The first-order valence-corrected chi connectivity index (χ1v) is 5.92. The van der Waals surface area contributed by atoms with Crippen LogP contribution in [0.1, 0.15) is 6.92 Å². The van der Waals surface area contributed by atoms with Gasteiger partial charge in [0.25, 0.3) is 0 Å². The van der Waals surface area contributed by atoms with Crippen LogP contribution in [-0.4, -0.2) is 17.7 Å². The Morgan fingerprint density at radius 2 is 1.11 bits per heavy atom. The molecule has 6 N–H and O–H groups in total. The van der Waals surface area contributed by atoms with Crippen molar-refractivity contribution in [3.05, 3.63) is 60.7 Å². The molecular weight excluding hydrogens is 238 g/mol. The summed E-state index contributed by atoms with van der Waals surface area (Å²) in [4.78, 5) is 0. The van der Waals surface area contributed by atoms with Crippen LogP contribution in [0.2, 0.25) is 0 Å². The summed E-state index contributed by atoms with van der Waals surface area (Å²) in [6, 6.07) is 20.8. The van der Waals surface area contributed by atoms with E-state index in [1.807, 2.05) is 12.1 Å². The van der Waals surface area contributed by atoms with Crippen LogP contribution in [0.5, 0.6) is 0 Å². The lowest BCUT2D eigenvalue weighted by Gasteiger charge is -1.98. The molecule has 0 amide bonds. The van der Waals surface area contributed by atoms with Gasteiger partial charge in [-0.05, 0) is 18.1 Å². The summed E-state index contributed by atoms with van der Waals surface area (Å²) in [7, 11) is 0.